The molecule has 20 heavy (non-hydrogen) atoms. The molecule has 0 amide bonds. The maximum atomic E-state index is 6.02. The van der Waals surface area contributed by atoms with Crippen LogP contribution in [0.25, 0.3) is 0 Å². The molecule has 2 rings (SSSR count). The second-order valence-electron chi connectivity index (χ2n) is 4.36. The molecular formula is C16H16BrIO2. The lowest BCUT2D eigenvalue weighted by Crippen LogP contribution is -2.06. The van der Waals surface area contributed by atoms with Crippen LogP contribution in [-0.2, 0) is 11.3 Å². The van der Waals surface area contributed by atoms with Gasteiger partial charge in [-0.15, -0.1) is 0 Å². The predicted octanol–water partition coefficient (Wildman–Crippen LogP) is 5.15. The van der Waals surface area contributed by atoms with Gasteiger partial charge in [-0.1, -0.05) is 62.8 Å². The maximum absolute atomic E-state index is 6.02. The van der Waals surface area contributed by atoms with E-state index in [0.717, 1.165) is 14.6 Å². The second kappa shape index (κ2) is 8.00. The summed E-state index contributed by atoms with van der Waals surface area (Å²) in [5.74, 6) is 0.868. The molecule has 0 aliphatic carbocycles. The quantitative estimate of drug-likeness (QED) is 0.451. The third-order valence-corrected chi connectivity index (χ3v) is 4.26. The number of hydrogen-bond acceptors (Lipinski definition) is 2. The average molecular weight is 447 g/mol. The molecule has 4 heteroatoms. The summed E-state index contributed by atoms with van der Waals surface area (Å²) in [6.45, 7) is 0.610. The number of halogens is 2. The Kier molecular flexibility index (Phi) is 6.32. The van der Waals surface area contributed by atoms with E-state index < -0.39 is 0 Å². The molecule has 2 aromatic rings. The highest BCUT2D eigenvalue weighted by molar-refractivity contribution is 14.1. The summed E-state index contributed by atoms with van der Waals surface area (Å²) in [6, 6.07) is 16.2. The zero-order chi connectivity index (χ0) is 14.4. The lowest BCUT2D eigenvalue weighted by Gasteiger charge is -2.16. The molecule has 0 bridgehead atoms. The fourth-order valence-corrected chi connectivity index (χ4v) is 3.08. The zero-order valence-electron chi connectivity index (χ0n) is 11.2. The molecule has 0 radical (unpaired) electrons. The first-order chi connectivity index (χ1) is 9.72. The van der Waals surface area contributed by atoms with E-state index >= 15 is 0 Å². The lowest BCUT2D eigenvalue weighted by molar-refractivity contribution is 0.0577. The first-order valence-corrected chi connectivity index (χ1v) is 8.60. The van der Waals surface area contributed by atoms with Crippen LogP contribution in [0.5, 0.6) is 5.75 Å². The van der Waals surface area contributed by atoms with Gasteiger partial charge in [-0.3, -0.25) is 0 Å². The summed E-state index contributed by atoms with van der Waals surface area (Å²) < 4.78 is 13.2. The van der Waals surface area contributed by atoms with E-state index in [-0.39, 0.29) is 6.10 Å². The van der Waals surface area contributed by atoms with Crippen molar-refractivity contribution in [3.8, 4) is 5.75 Å². The molecule has 1 atom stereocenters. The van der Waals surface area contributed by atoms with Crippen molar-refractivity contribution >= 4 is 38.5 Å². The van der Waals surface area contributed by atoms with Gasteiger partial charge in [0.15, 0.2) is 0 Å². The Morgan fingerprint density at radius 3 is 2.50 bits per heavy atom. The van der Waals surface area contributed by atoms with Gasteiger partial charge in [0.05, 0.1) is 19.8 Å². The van der Waals surface area contributed by atoms with Gasteiger partial charge in [-0.2, -0.15) is 0 Å². The molecule has 0 aliphatic rings. The van der Waals surface area contributed by atoms with Gasteiger partial charge in [-0.25, -0.2) is 0 Å². The highest BCUT2D eigenvalue weighted by Gasteiger charge is 2.11. The third-order valence-electron chi connectivity index (χ3n) is 2.97. The predicted molar refractivity (Wildman–Crippen MR) is 93.6 cm³/mol. The molecule has 0 aliphatic heterocycles. The van der Waals surface area contributed by atoms with Crippen LogP contribution < -0.4 is 4.74 Å². The van der Waals surface area contributed by atoms with Gasteiger partial charge in [0.1, 0.15) is 5.75 Å². The van der Waals surface area contributed by atoms with E-state index in [0.29, 0.717) is 6.61 Å². The minimum atomic E-state index is 0.0977. The molecule has 0 heterocycles. The average Bonchev–Trinajstić information content (AvgIpc) is 2.48. The molecule has 0 saturated carbocycles. The lowest BCUT2D eigenvalue weighted by atomic mass is 10.1. The molecule has 0 saturated heterocycles. The van der Waals surface area contributed by atoms with Gasteiger partial charge in [0.2, 0.25) is 0 Å². The SMILES string of the molecule is COc1ccc(C(CI)OCc2cccc(Br)c2)cc1. The van der Waals surface area contributed by atoms with Crippen molar-refractivity contribution in [2.24, 2.45) is 0 Å². The summed E-state index contributed by atoms with van der Waals surface area (Å²) in [7, 11) is 1.68. The zero-order valence-corrected chi connectivity index (χ0v) is 14.9. The minimum Gasteiger partial charge on any atom is -0.497 e. The van der Waals surface area contributed by atoms with Crippen LogP contribution in [0, 0.1) is 0 Å². The second-order valence-corrected chi connectivity index (χ2v) is 6.15. The molecule has 1 unspecified atom stereocenters. The fourth-order valence-electron chi connectivity index (χ4n) is 1.87. The van der Waals surface area contributed by atoms with Crippen LogP contribution in [0.2, 0.25) is 0 Å². The summed E-state index contributed by atoms with van der Waals surface area (Å²) in [6.07, 6.45) is 0.0977. The van der Waals surface area contributed by atoms with Crippen LogP contribution in [-0.4, -0.2) is 11.5 Å². The van der Waals surface area contributed by atoms with Crippen molar-refractivity contribution in [3.05, 3.63) is 64.1 Å². The molecule has 0 spiro atoms. The molecule has 2 aromatic carbocycles. The Balaban J connectivity index is 2.01. The Labute approximate surface area is 141 Å². The van der Waals surface area contributed by atoms with Crippen LogP contribution >= 0.6 is 38.5 Å². The van der Waals surface area contributed by atoms with Crippen molar-refractivity contribution in [1.29, 1.82) is 0 Å². The van der Waals surface area contributed by atoms with Crippen molar-refractivity contribution in [2.75, 3.05) is 11.5 Å². The van der Waals surface area contributed by atoms with Gasteiger partial charge >= 0.3 is 0 Å². The van der Waals surface area contributed by atoms with Crippen LogP contribution in [0.1, 0.15) is 17.2 Å². The summed E-state index contributed by atoms with van der Waals surface area (Å²) >= 11 is 5.83. The topological polar surface area (TPSA) is 18.5 Å². The van der Waals surface area contributed by atoms with Gasteiger partial charge in [0, 0.05) is 8.90 Å². The van der Waals surface area contributed by atoms with Crippen molar-refractivity contribution in [2.45, 2.75) is 12.7 Å². The monoisotopic (exact) mass is 446 g/mol. The van der Waals surface area contributed by atoms with Gasteiger partial charge in [0.25, 0.3) is 0 Å². The number of benzene rings is 2. The number of ether oxygens (including phenoxy) is 2. The minimum absolute atomic E-state index is 0.0977. The number of rotatable bonds is 6. The van der Waals surface area contributed by atoms with Crippen molar-refractivity contribution < 1.29 is 9.47 Å². The Hall–Kier alpha value is -0.590. The van der Waals surface area contributed by atoms with Crippen LogP contribution in [0.15, 0.2) is 53.0 Å². The highest BCUT2D eigenvalue weighted by atomic mass is 127. The highest BCUT2D eigenvalue weighted by Crippen LogP contribution is 2.24. The summed E-state index contributed by atoms with van der Waals surface area (Å²) in [4.78, 5) is 0. The standard InChI is InChI=1S/C16H16BrIO2/c1-19-15-7-5-13(6-8-15)16(10-18)20-11-12-3-2-4-14(17)9-12/h2-9,16H,10-11H2,1H3. The summed E-state index contributed by atoms with van der Waals surface area (Å²) in [5.41, 5.74) is 2.35. The molecule has 0 aromatic heterocycles. The van der Waals surface area contributed by atoms with Crippen molar-refractivity contribution in [3.63, 3.8) is 0 Å². The van der Waals surface area contributed by atoms with E-state index in [2.05, 4.69) is 62.8 Å². The number of alkyl halides is 1. The fraction of sp³-hybridized carbons (Fsp3) is 0.250. The van der Waals surface area contributed by atoms with E-state index in [1.54, 1.807) is 7.11 Å². The first kappa shape index (κ1) is 15.8. The Morgan fingerprint density at radius 1 is 1.15 bits per heavy atom. The molecule has 2 nitrogen and oxygen atoms in total. The largest absolute Gasteiger partial charge is 0.497 e. The van der Waals surface area contributed by atoms with E-state index in [4.69, 9.17) is 9.47 Å². The van der Waals surface area contributed by atoms with Crippen LogP contribution in [0.4, 0.5) is 0 Å². The normalized spacial score (nSPS) is 12.2. The number of methoxy groups -OCH3 is 1. The van der Waals surface area contributed by atoms with E-state index in [9.17, 15) is 0 Å². The summed E-state index contributed by atoms with van der Waals surface area (Å²) in [5, 5.41) is 0. The first-order valence-electron chi connectivity index (χ1n) is 6.29. The smallest absolute Gasteiger partial charge is 0.118 e. The van der Waals surface area contributed by atoms with Crippen LogP contribution in [0.3, 0.4) is 0 Å². The molecule has 0 N–H and O–H groups in total. The van der Waals surface area contributed by atoms with Gasteiger partial charge < -0.3 is 9.47 Å². The Morgan fingerprint density at radius 2 is 1.90 bits per heavy atom. The number of hydrogen-bond donors (Lipinski definition) is 0. The Bertz CT molecular complexity index is 542. The van der Waals surface area contributed by atoms with Crippen molar-refractivity contribution in [1.82, 2.24) is 0 Å². The molecule has 106 valence electrons. The van der Waals surface area contributed by atoms with E-state index in [1.807, 2.05) is 24.3 Å². The molecule has 0 fully saturated rings. The molecular weight excluding hydrogens is 431 g/mol. The van der Waals surface area contributed by atoms with E-state index in [1.165, 1.54) is 11.1 Å². The van der Waals surface area contributed by atoms with Gasteiger partial charge in [-0.05, 0) is 35.4 Å². The third kappa shape index (κ3) is 4.46. The maximum Gasteiger partial charge on any atom is 0.118 e.